The lowest BCUT2D eigenvalue weighted by molar-refractivity contribution is 0.157. The van der Waals surface area contributed by atoms with Crippen molar-refractivity contribution in [3.63, 3.8) is 0 Å². The van der Waals surface area contributed by atoms with Crippen LogP contribution in [0.15, 0.2) is 22.8 Å². The number of fused-ring (bicyclic) bond motifs is 1. The fourth-order valence-electron chi connectivity index (χ4n) is 1.73. The number of hydrogen-bond acceptors (Lipinski definition) is 4. The number of hydrogen-bond donors (Lipinski definition) is 1. The molecule has 104 valence electrons. The van der Waals surface area contributed by atoms with Gasteiger partial charge in [-0.25, -0.2) is 4.52 Å². The van der Waals surface area contributed by atoms with Crippen LogP contribution >= 0.6 is 15.9 Å². The van der Waals surface area contributed by atoms with Gasteiger partial charge in [0.2, 0.25) is 5.95 Å². The molecular formula is C13H19BrN4O. The van der Waals surface area contributed by atoms with Gasteiger partial charge < -0.3 is 10.1 Å². The molecule has 0 aromatic carbocycles. The van der Waals surface area contributed by atoms with Crippen LogP contribution in [0.5, 0.6) is 0 Å². The summed E-state index contributed by atoms with van der Waals surface area (Å²) in [7, 11) is 1.73. The summed E-state index contributed by atoms with van der Waals surface area (Å²) in [5.41, 5.74) is 0.963. The van der Waals surface area contributed by atoms with Crippen molar-refractivity contribution < 1.29 is 4.74 Å². The molecule has 0 aliphatic heterocycles. The molecule has 0 saturated heterocycles. The van der Waals surface area contributed by atoms with Gasteiger partial charge in [-0.3, -0.25) is 0 Å². The number of aromatic nitrogens is 3. The van der Waals surface area contributed by atoms with Crippen molar-refractivity contribution in [2.75, 3.05) is 25.6 Å². The molecule has 0 amide bonds. The van der Waals surface area contributed by atoms with E-state index in [1.165, 1.54) is 0 Å². The molecule has 0 fully saturated rings. The lowest BCUT2D eigenvalue weighted by atomic mass is 9.90. The van der Waals surface area contributed by atoms with E-state index in [-0.39, 0.29) is 5.41 Å². The van der Waals surface area contributed by atoms with Gasteiger partial charge in [-0.2, -0.15) is 4.98 Å². The standard InChI is InChI=1S/C13H19BrN4O/c1-13(2,6-8-19-3)9-15-12-16-11-10(14)5-4-7-18(11)17-12/h4-5,7H,6,8-9H2,1-3H3,(H,15,17). The maximum Gasteiger partial charge on any atom is 0.243 e. The van der Waals surface area contributed by atoms with Gasteiger partial charge in [0, 0.05) is 26.5 Å². The molecule has 0 bridgehead atoms. The number of methoxy groups -OCH3 is 1. The van der Waals surface area contributed by atoms with Crippen LogP contribution < -0.4 is 5.32 Å². The van der Waals surface area contributed by atoms with Gasteiger partial charge >= 0.3 is 0 Å². The molecule has 0 aliphatic rings. The molecule has 0 radical (unpaired) electrons. The second kappa shape index (κ2) is 5.88. The molecule has 6 heteroatoms. The lowest BCUT2D eigenvalue weighted by Crippen LogP contribution is -2.25. The first-order valence-corrected chi connectivity index (χ1v) is 7.05. The smallest absolute Gasteiger partial charge is 0.243 e. The van der Waals surface area contributed by atoms with Crippen LogP contribution in [-0.4, -0.2) is 34.9 Å². The predicted octanol–water partition coefficient (Wildman–Crippen LogP) is 2.97. The van der Waals surface area contributed by atoms with Crippen LogP contribution in [0.3, 0.4) is 0 Å². The van der Waals surface area contributed by atoms with Crippen molar-refractivity contribution in [3.05, 3.63) is 22.8 Å². The Morgan fingerprint density at radius 1 is 1.47 bits per heavy atom. The fourth-order valence-corrected chi connectivity index (χ4v) is 2.16. The Labute approximate surface area is 121 Å². The van der Waals surface area contributed by atoms with Gasteiger partial charge in [-0.1, -0.05) is 13.8 Å². The molecule has 0 spiro atoms. The molecule has 0 atom stereocenters. The van der Waals surface area contributed by atoms with Gasteiger partial charge in [0.05, 0.1) is 4.47 Å². The van der Waals surface area contributed by atoms with Crippen LogP contribution in [0.2, 0.25) is 0 Å². The highest BCUT2D eigenvalue weighted by molar-refractivity contribution is 9.10. The van der Waals surface area contributed by atoms with E-state index in [1.54, 1.807) is 11.6 Å². The Morgan fingerprint density at radius 2 is 2.26 bits per heavy atom. The van der Waals surface area contributed by atoms with E-state index in [1.807, 2.05) is 18.3 Å². The highest BCUT2D eigenvalue weighted by atomic mass is 79.9. The maximum absolute atomic E-state index is 5.12. The van der Waals surface area contributed by atoms with Gasteiger partial charge in [-0.05, 0) is 39.9 Å². The van der Waals surface area contributed by atoms with Crippen molar-refractivity contribution in [1.29, 1.82) is 0 Å². The second-order valence-electron chi connectivity index (χ2n) is 5.32. The van der Waals surface area contributed by atoms with E-state index in [0.717, 1.165) is 29.7 Å². The van der Waals surface area contributed by atoms with Crippen molar-refractivity contribution in [2.45, 2.75) is 20.3 Å². The molecule has 2 aromatic heterocycles. The topological polar surface area (TPSA) is 51.5 Å². The highest BCUT2D eigenvalue weighted by Crippen LogP contribution is 2.21. The number of rotatable bonds is 6. The van der Waals surface area contributed by atoms with E-state index in [0.29, 0.717) is 5.95 Å². The van der Waals surface area contributed by atoms with Crippen molar-refractivity contribution >= 4 is 27.5 Å². The Kier molecular flexibility index (Phi) is 4.42. The first-order chi connectivity index (χ1) is 9.02. The molecule has 0 aliphatic carbocycles. The maximum atomic E-state index is 5.12. The zero-order valence-electron chi connectivity index (χ0n) is 11.5. The first kappa shape index (κ1) is 14.3. The summed E-state index contributed by atoms with van der Waals surface area (Å²) >= 11 is 3.47. The molecule has 0 saturated carbocycles. The summed E-state index contributed by atoms with van der Waals surface area (Å²) in [4.78, 5) is 4.46. The van der Waals surface area contributed by atoms with E-state index < -0.39 is 0 Å². The van der Waals surface area contributed by atoms with Crippen molar-refractivity contribution in [3.8, 4) is 0 Å². The monoisotopic (exact) mass is 326 g/mol. The summed E-state index contributed by atoms with van der Waals surface area (Å²) in [6.07, 6.45) is 2.88. The Hall–Kier alpha value is -1.14. The summed E-state index contributed by atoms with van der Waals surface area (Å²) in [5, 5.41) is 7.68. The quantitative estimate of drug-likeness (QED) is 0.886. The SMILES string of the molecule is COCCC(C)(C)CNc1nc2c(Br)cccn2n1. The van der Waals surface area contributed by atoms with Crippen LogP contribution in [0.25, 0.3) is 5.65 Å². The molecular weight excluding hydrogens is 308 g/mol. The Balaban J connectivity index is 2.04. The minimum absolute atomic E-state index is 0.144. The average molecular weight is 327 g/mol. The van der Waals surface area contributed by atoms with E-state index in [2.05, 4.69) is 45.2 Å². The first-order valence-electron chi connectivity index (χ1n) is 6.25. The summed E-state index contributed by atoms with van der Waals surface area (Å²) in [6.45, 7) is 5.97. The van der Waals surface area contributed by atoms with E-state index in [9.17, 15) is 0 Å². The fraction of sp³-hybridized carbons (Fsp3) is 0.538. The van der Waals surface area contributed by atoms with Crippen LogP contribution in [0.1, 0.15) is 20.3 Å². The summed E-state index contributed by atoms with van der Waals surface area (Å²) in [6, 6.07) is 3.88. The molecule has 0 unspecified atom stereocenters. The number of halogens is 1. The van der Waals surface area contributed by atoms with Gasteiger partial charge in [0.1, 0.15) is 0 Å². The zero-order chi connectivity index (χ0) is 13.9. The lowest BCUT2D eigenvalue weighted by Gasteiger charge is -2.23. The molecule has 2 aromatic rings. The van der Waals surface area contributed by atoms with Gasteiger partial charge in [0.15, 0.2) is 5.65 Å². The number of nitrogens with one attached hydrogen (secondary N) is 1. The van der Waals surface area contributed by atoms with E-state index >= 15 is 0 Å². The van der Waals surface area contributed by atoms with Gasteiger partial charge in [0.25, 0.3) is 0 Å². The van der Waals surface area contributed by atoms with Crippen molar-refractivity contribution in [2.24, 2.45) is 5.41 Å². The van der Waals surface area contributed by atoms with Crippen molar-refractivity contribution in [1.82, 2.24) is 14.6 Å². The minimum atomic E-state index is 0.144. The highest BCUT2D eigenvalue weighted by Gasteiger charge is 2.18. The normalized spacial score (nSPS) is 12.0. The molecule has 19 heavy (non-hydrogen) atoms. The summed E-state index contributed by atoms with van der Waals surface area (Å²) in [5.74, 6) is 0.650. The molecule has 2 rings (SSSR count). The van der Waals surface area contributed by atoms with Crippen LogP contribution in [0, 0.1) is 5.41 Å². The van der Waals surface area contributed by atoms with E-state index in [4.69, 9.17) is 4.74 Å². The third-order valence-electron chi connectivity index (χ3n) is 3.02. The minimum Gasteiger partial charge on any atom is -0.385 e. The third-order valence-corrected chi connectivity index (χ3v) is 3.64. The zero-order valence-corrected chi connectivity index (χ0v) is 13.1. The molecule has 1 N–H and O–H groups in total. The third kappa shape index (κ3) is 3.67. The van der Waals surface area contributed by atoms with Crippen LogP contribution in [-0.2, 0) is 4.74 Å². The predicted molar refractivity (Wildman–Crippen MR) is 79.5 cm³/mol. The number of nitrogens with zero attached hydrogens (tertiary/aromatic N) is 3. The number of anilines is 1. The second-order valence-corrected chi connectivity index (χ2v) is 6.17. The van der Waals surface area contributed by atoms with Gasteiger partial charge in [-0.15, -0.1) is 5.10 Å². The average Bonchev–Trinajstić information content (AvgIpc) is 2.79. The molecule has 5 nitrogen and oxygen atoms in total. The number of ether oxygens (including phenoxy) is 1. The Morgan fingerprint density at radius 3 is 2.95 bits per heavy atom. The summed E-state index contributed by atoms with van der Waals surface area (Å²) < 4.78 is 7.82. The number of pyridine rings is 1. The van der Waals surface area contributed by atoms with Crippen LogP contribution in [0.4, 0.5) is 5.95 Å². The Bertz CT molecular complexity index is 553. The largest absolute Gasteiger partial charge is 0.385 e. The molecule has 2 heterocycles.